The fourth-order valence-corrected chi connectivity index (χ4v) is 3.02. The molecule has 6 nitrogen and oxygen atoms in total. The van der Waals surface area contributed by atoms with Crippen LogP contribution in [0.25, 0.3) is 11.5 Å². The van der Waals surface area contributed by atoms with Crippen molar-refractivity contribution in [3.8, 4) is 11.5 Å². The lowest BCUT2D eigenvalue weighted by Gasteiger charge is -2.02. The summed E-state index contributed by atoms with van der Waals surface area (Å²) in [6.07, 6.45) is 1.62. The van der Waals surface area contributed by atoms with E-state index in [4.69, 9.17) is 4.42 Å². The first-order chi connectivity index (χ1) is 11.6. The van der Waals surface area contributed by atoms with Crippen molar-refractivity contribution in [1.82, 2.24) is 15.2 Å². The number of carbonyl (C=O) groups excluding carboxylic acids is 1. The molecule has 0 aliphatic heterocycles. The van der Waals surface area contributed by atoms with Crippen molar-refractivity contribution in [2.45, 2.75) is 5.22 Å². The quantitative estimate of drug-likeness (QED) is 0.558. The number of nitrogens with one attached hydrogen (secondary N) is 1. The Balaban J connectivity index is 1.58. The number of hydrogen-bond acceptors (Lipinski definition) is 6. The van der Waals surface area contributed by atoms with Crippen molar-refractivity contribution in [2.24, 2.45) is 0 Å². The van der Waals surface area contributed by atoms with Crippen LogP contribution in [-0.2, 0) is 4.79 Å². The Hall–Kier alpha value is -1.71. The van der Waals surface area contributed by atoms with Gasteiger partial charge in [-0.1, -0.05) is 23.9 Å². The molecule has 1 amide bonds. The summed E-state index contributed by atoms with van der Waals surface area (Å²) >= 11 is 7.89. The van der Waals surface area contributed by atoms with Gasteiger partial charge in [0.05, 0.1) is 11.3 Å². The SMILES string of the molecule is O=C(CSc1nnc(-c2ccccc2Br)o1)Nc1ccc(Br)cn1. The van der Waals surface area contributed by atoms with Gasteiger partial charge in [0, 0.05) is 15.1 Å². The molecule has 0 fully saturated rings. The number of pyridine rings is 1. The number of anilines is 1. The minimum atomic E-state index is -0.199. The van der Waals surface area contributed by atoms with Gasteiger partial charge >= 0.3 is 0 Å². The van der Waals surface area contributed by atoms with Gasteiger partial charge in [0.25, 0.3) is 5.22 Å². The van der Waals surface area contributed by atoms with Crippen LogP contribution in [0, 0.1) is 0 Å². The van der Waals surface area contributed by atoms with Crippen LogP contribution in [0.15, 0.2) is 61.2 Å². The van der Waals surface area contributed by atoms with E-state index in [9.17, 15) is 4.79 Å². The minimum Gasteiger partial charge on any atom is -0.411 e. The summed E-state index contributed by atoms with van der Waals surface area (Å²) in [5.74, 6) is 0.841. The molecule has 24 heavy (non-hydrogen) atoms. The highest BCUT2D eigenvalue weighted by atomic mass is 79.9. The molecule has 3 rings (SSSR count). The van der Waals surface area contributed by atoms with Gasteiger partial charge < -0.3 is 9.73 Å². The topological polar surface area (TPSA) is 80.9 Å². The van der Waals surface area contributed by atoms with E-state index < -0.39 is 0 Å². The van der Waals surface area contributed by atoms with E-state index in [0.717, 1.165) is 14.5 Å². The van der Waals surface area contributed by atoms with E-state index in [1.807, 2.05) is 24.3 Å². The maximum absolute atomic E-state index is 11.9. The number of benzene rings is 1. The maximum Gasteiger partial charge on any atom is 0.277 e. The smallest absolute Gasteiger partial charge is 0.277 e. The number of halogens is 2. The van der Waals surface area contributed by atoms with Gasteiger partial charge in [0.1, 0.15) is 5.82 Å². The predicted molar refractivity (Wildman–Crippen MR) is 98.7 cm³/mol. The molecule has 0 saturated heterocycles. The Labute approximate surface area is 158 Å². The molecular formula is C15H10Br2N4O2S. The molecule has 1 N–H and O–H groups in total. The first kappa shape index (κ1) is 17.1. The molecule has 0 unspecified atom stereocenters. The molecule has 0 atom stereocenters. The fraction of sp³-hybridized carbons (Fsp3) is 0.0667. The van der Waals surface area contributed by atoms with Gasteiger partial charge in [0.2, 0.25) is 11.8 Å². The molecule has 0 aliphatic carbocycles. The molecule has 9 heteroatoms. The molecule has 2 heterocycles. The number of rotatable bonds is 5. The van der Waals surface area contributed by atoms with Crippen molar-refractivity contribution in [1.29, 1.82) is 0 Å². The predicted octanol–water partition coefficient (Wildman–Crippen LogP) is 4.39. The lowest BCUT2D eigenvalue weighted by atomic mass is 10.2. The van der Waals surface area contributed by atoms with Crippen LogP contribution >= 0.6 is 43.6 Å². The van der Waals surface area contributed by atoms with E-state index in [0.29, 0.717) is 16.9 Å². The highest BCUT2D eigenvalue weighted by Gasteiger charge is 2.13. The summed E-state index contributed by atoms with van der Waals surface area (Å²) in [6.45, 7) is 0. The number of amides is 1. The monoisotopic (exact) mass is 468 g/mol. The standard InChI is InChI=1S/C15H10Br2N4O2S/c16-9-5-6-12(18-7-9)19-13(22)8-24-15-21-20-14(23-15)10-3-1-2-4-11(10)17/h1-7H,8H2,(H,18,19,22). The maximum atomic E-state index is 11.9. The third-order valence-electron chi connectivity index (χ3n) is 2.83. The van der Waals surface area contributed by atoms with E-state index in [2.05, 4.69) is 52.4 Å². The Bertz CT molecular complexity index is 855. The summed E-state index contributed by atoms with van der Waals surface area (Å²) in [5.41, 5.74) is 0.806. The summed E-state index contributed by atoms with van der Waals surface area (Å²) in [6, 6.07) is 11.1. The molecular weight excluding hydrogens is 460 g/mol. The van der Waals surface area contributed by atoms with Crippen molar-refractivity contribution >= 4 is 55.3 Å². The lowest BCUT2D eigenvalue weighted by molar-refractivity contribution is -0.113. The molecule has 0 spiro atoms. The number of thioether (sulfide) groups is 1. The Morgan fingerprint density at radius 1 is 1.17 bits per heavy atom. The number of carbonyl (C=O) groups is 1. The molecule has 122 valence electrons. The number of hydrogen-bond donors (Lipinski definition) is 1. The van der Waals surface area contributed by atoms with Gasteiger partial charge in [-0.3, -0.25) is 4.79 Å². The second kappa shape index (κ2) is 7.91. The zero-order valence-corrected chi connectivity index (χ0v) is 16.1. The second-order valence-electron chi connectivity index (χ2n) is 4.55. The van der Waals surface area contributed by atoms with Crippen LogP contribution in [-0.4, -0.2) is 26.8 Å². The lowest BCUT2D eigenvalue weighted by Crippen LogP contribution is -2.14. The zero-order valence-electron chi connectivity index (χ0n) is 12.1. The van der Waals surface area contributed by atoms with Crippen LogP contribution < -0.4 is 5.32 Å². The molecule has 0 saturated carbocycles. The van der Waals surface area contributed by atoms with Gasteiger partial charge in [-0.15, -0.1) is 10.2 Å². The van der Waals surface area contributed by atoms with E-state index in [1.54, 1.807) is 18.3 Å². The molecule has 0 bridgehead atoms. The van der Waals surface area contributed by atoms with Gasteiger partial charge in [-0.25, -0.2) is 4.98 Å². The van der Waals surface area contributed by atoms with E-state index >= 15 is 0 Å². The molecule has 0 radical (unpaired) electrons. The zero-order chi connectivity index (χ0) is 16.9. The summed E-state index contributed by atoms with van der Waals surface area (Å²) in [7, 11) is 0. The van der Waals surface area contributed by atoms with Crippen molar-refractivity contribution in [3.05, 3.63) is 51.5 Å². The minimum absolute atomic E-state index is 0.148. The largest absolute Gasteiger partial charge is 0.411 e. The number of nitrogens with zero attached hydrogens (tertiary/aromatic N) is 3. The van der Waals surface area contributed by atoms with Crippen LogP contribution in [0.2, 0.25) is 0 Å². The fourth-order valence-electron chi connectivity index (χ4n) is 1.77. The van der Waals surface area contributed by atoms with Crippen molar-refractivity contribution in [2.75, 3.05) is 11.1 Å². The first-order valence-corrected chi connectivity index (χ1v) is 9.31. The molecule has 3 aromatic rings. The van der Waals surface area contributed by atoms with Crippen LogP contribution in [0.4, 0.5) is 5.82 Å². The molecule has 1 aromatic carbocycles. The van der Waals surface area contributed by atoms with Gasteiger partial charge in [-0.05, 0) is 56.1 Å². The number of aromatic nitrogens is 3. The molecule has 2 aromatic heterocycles. The van der Waals surface area contributed by atoms with Gasteiger partial charge in [0.15, 0.2) is 0 Å². The first-order valence-electron chi connectivity index (χ1n) is 6.74. The average Bonchev–Trinajstić information content (AvgIpc) is 3.04. The summed E-state index contributed by atoms with van der Waals surface area (Å²) in [4.78, 5) is 16.0. The van der Waals surface area contributed by atoms with E-state index in [-0.39, 0.29) is 11.7 Å². The van der Waals surface area contributed by atoms with Crippen LogP contribution in [0.5, 0.6) is 0 Å². The Morgan fingerprint density at radius 2 is 2.00 bits per heavy atom. The van der Waals surface area contributed by atoms with Crippen LogP contribution in [0.1, 0.15) is 0 Å². The Morgan fingerprint density at radius 3 is 2.75 bits per heavy atom. The van der Waals surface area contributed by atoms with E-state index in [1.165, 1.54) is 11.8 Å². The normalized spacial score (nSPS) is 10.6. The third-order valence-corrected chi connectivity index (χ3v) is 4.81. The summed E-state index contributed by atoms with van der Waals surface area (Å²) < 4.78 is 7.29. The third kappa shape index (κ3) is 4.43. The molecule has 0 aliphatic rings. The highest BCUT2D eigenvalue weighted by molar-refractivity contribution is 9.10. The average molecular weight is 470 g/mol. The second-order valence-corrected chi connectivity index (χ2v) is 7.25. The van der Waals surface area contributed by atoms with Gasteiger partial charge in [-0.2, -0.15) is 0 Å². The summed E-state index contributed by atoms with van der Waals surface area (Å²) in [5, 5.41) is 11.0. The Kier molecular flexibility index (Phi) is 5.64. The van der Waals surface area contributed by atoms with Crippen LogP contribution in [0.3, 0.4) is 0 Å². The van der Waals surface area contributed by atoms with Crippen molar-refractivity contribution in [3.63, 3.8) is 0 Å². The highest BCUT2D eigenvalue weighted by Crippen LogP contribution is 2.28. The van der Waals surface area contributed by atoms with Crippen molar-refractivity contribution < 1.29 is 9.21 Å².